The Labute approximate surface area is 101 Å². The van der Waals surface area contributed by atoms with Gasteiger partial charge in [0, 0.05) is 9.37 Å². The fourth-order valence-electron chi connectivity index (χ4n) is 1.44. The number of terminal acetylenes is 1. The van der Waals surface area contributed by atoms with Crippen LogP contribution in [0.2, 0.25) is 0 Å². The van der Waals surface area contributed by atoms with Crippen LogP contribution in [0.25, 0.3) is 0 Å². The standard InChI is InChI=1S/C11H8BrNOS/c1-2-5-13-9-6-8(12)3-4-10(9)15-7-11(13)14/h1,3-4,6H,5,7H2. The zero-order valence-electron chi connectivity index (χ0n) is 7.87. The molecule has 0 aliphatic carbocycles. The van der Waals surface area contributed by atoms with Crippen LogP contribution in [0.3, 0.4) is 0 Å². The summed E-state index contributed by atoms with van der Waals surface area (Å²) in [6.45, 7) is 0.336. The fourth-order valence-corrected chi connectivity index (χ4v) is 2.70. The van der Waals surface area contributed by atoms with Crippen molar-refractivity contribution in [2.45, 2.75) is 4.90 Å². The number of anilines is 1. The lowest BCUT2D eigenvalue weighted by Gasteiger charge is -2.27. The summed E-state index contributed by atoms with van der Waals surface area (Å²) in [4.78, 5) is 14.4. The highest BCUT2D eigenvalue weighted by Gasteiger charge is 2.23. The molecule has 1 aromatic carbocycles. The van der Waals surface area contributed by atoms with E-state index in [0.29, 0.717) is 12.3 Å². The number of benzene rings is 1. The van der Waals surface area contributed by atoms with Gasteiger partial charge in [-0.3, -0.25) is 9.69 Å². The Morgan fingerprint density at radius 2 is 2.40 bits per heavy atom. The summed E-state index contributed by atoms with van der Waals surface area (Å²) in [5.41, 5.74) is 0.906. The highest BCUT2D eigenvalue weighted by Crippen LogP contribution is 2.36. The van der Waals surface area contributed by atoms with Crippen molar-refractivity contribution in [1.82, 2.24) is 0 Å². The molecule has 1 aromatic rings. The first kappa shape index (κ1) is 10.6. The van der Waals surface area contributed by atoms with E-state index in [9.17, 15) is 4.79 Å². The molecule has 1 aliphatic rings. The molecule has 0 N–H and O–H groups in total. The van der Waals surface area contributed by atoms with Gasteiger partial charge >= 0.3 is 0 Å². The molecule has 0 aromatic heterocycles. The van der Waals surface area contributed by atoms with E-state index in [1.54, 1.807) is 16.7 Å². The molecule has 0 saturated heterocycles. The molecule has 2 nitrogen and oxygen atoms in total. The average Bonchev–Trinajstić information content (AvgIpc) is 2.23. The first-order valence-corrected chi connectivity index (χ1v) is 6.16. The number of carbonyl (C=O) groups is 1. The number of rotatable bonds is 1. The molecule has 1 amide bonds. The third kappa shape index (κ3) is 2.04. The molecule has 0 saturated carbocycles. The third-order valence-electron chi connectivity index (χ3n) is 2.11. The van der Waals surface area contributed by atoms with Crippen LogP contribution in [-0.4, -0.2) is 18.2 Å². The smallest absolute Gasteiger partial charge is 0.238 e. The van der Waals surface area contributed by atoms with Gasteiger partial charge < -0.3 is 0 Å². The van der Waals surface area contributed by atoms with Crippen molar-refractivity contribution >= 4 is 39.3 Å². The normalized spacial score (nSPS) is 14.7. The molecule has 0 fully saturated rings. The highest BCUT2D eigenvalue weighted by atomic mass is 79.9. The van der Waals surface area contributed by atoms with Gasteiger partial charge in [-0.1, -0.05) is 21.9 Å². The number of carbonyl (C=O) groups excluding carboxylic acids is 1. The van der Waals surface area contributed by atoms with Gasteiger partial charge in [-0.05, 0) is 18.2 Å². The fraction of sp³-hybridized carbons (Fsp3) is 0.182. The molecular formula is C11H8BrNOS. The summed E-state index contributed by atoms with van der Waals surface area (Å²) in [5.74, 6) is 3.05. The Morgan fingerprint density at radius 3 is 3.13 bits per heavy atom. The number of hydrogen-bond acceptors (Lipinski definition) is 2. The van der Waals surface area contributed by atoms with Crippen molar-refractivity contribution in [3.63, 3.8) is 0 Å². The van der Waals surface area contributed by atoms with Gasteiger partial charge in [-0.2, -0.15) is 0 Å². The lowest BCUT2D eigenvalue weighted by Crippen LogP contribution is -2.35. The molecule has 0 atom stereocenters. The van der Waals surface area contributed by atoms with Crippen molar-refractivity contribution in [3.8, 4) is 12.3 Å². The van der Waals surface area contributed by atoms with E-state index in [-0.39, 0.29) is 5.91 Å². The van der Waals surface area contributed by atoms with Crippen LogP contribution in [0.4, 0.5) is 5.69 Å². The Bertz CT molecular complexity index is 452. The number of amides is 1. The summed E-state index contributed by atoms with van der Waals surface area (Å²) in [6, 6.07) is 5.90. The van der Waals surface area contributed by atoms with Crippen molar-refractivity contribution < 1.29 is 4.79 Å². The van der Waals surface area contributed by atoms with Crippen molar-refractivity contribution in [3.05, 3.63) is 22.7 Å². The Hall–Kier alpha value is -0.920. The highest BCUT2D eigenvalue weighted by molar-refractivity contribution is 9.10. The van der Waals surface area contributed by atoms with E-state index in [1.165, 1.54) is 0 Å². The van der Waals surface area contributed by atoms with E-state index in [4.69, 9.17) is 6.42 Å². The lowest BCUT2D eigenvalue weighted by atomic mass is 10.2. The monoisotopic (exact) mass is 281 g/mol. The zero-order chi connectivity index (χ0) is 10.8. The second kappa shape index (κ2) is 4.30. The summed E-state index contributed by atoms with van der Waals surface area (Å²) >= 11 is 4.94. The predicted molar refractivity (Wildman–Crippen MR) is 66.1 cm³/mol. The molecule has 0 unspecified atom stereocenters. The Morgan fingerprint density at radius 1 is 1.60 bits per heavy atom. The second-order valence-electron chi connectivity index (χ2n) is 3.08. The van der Waals surface area contributed by atoms with Crippen LogP contribution in [0.1, 0.15) is 0 Å². The van der Waals surface area contributed by atoms with Gasteiger partial charge in [0.15, 0.2) is 0 Å². The van der Waals surface area contributed by atoms with Gasteiger partial charge in [-0.25, -0.2) is 0 Å². The quantitative estimate of drug-likeness (QED) is 0.738. The maximum Gasteiger partial charge on any atom is 0.238 e. The SMILES string of the molecule is C#CCN1C(=O)CSc2ccc(Br)cc21. The molecule has 1 aliphatic heterocycles. The number of fused-ring (bicyclic) bond motifs is 1. The van der Waals surface area contributed by atoms with E-state index in [1.807, 2.05) is 18.2 Å². The predicted octanol–water partition coefficient (Wildman–Crippen LogP) is 2.52. The van der Waals surface area contributed by atoms with E-state index in [2.05, 4.69) is 21.9 Å². The summed E-state index contributed by atoms with van der Waals surface area (Å²) < 4.78 is 0.957. The molecule has 76 valence electrons. The molecule has 0 spiro atoms. The van der Waals surface area contributed by atoms with Gasteiger partial charge in [0.2, 0.25) is 5.91 Å². The van der Waals surface area contributed by atoms with Gasteiger partial charge in [0.05, 0.1) is 18.0 Å². The van der Waals surface area contributed by atoms with Crippen LogP contribution in [0.5, 0.6) is 0 Å². The van der Waals surface area contributed by atoms with Crippen LogP contribution in [-0.2, 0) is 4.79 Å². The molecule has 1 heterocycles. The van der Waals surface area contributed by atoms with Crippen molar-refractivity contribution in [1.29, 1.82) is 0 Å². The third-order valence-corrected chi connectivity index (χ3v) is 3.65. The summed E-state index contributed by atoms with van der Waals surface area (Å²) in [6.07, 6.45) is 5.25. The maximum atomic E-state index is 11.7. The van der Waals surface area contributed by atoms with Gasteiger partial charge in [0.1, 0.15) is 0 Å². The topological polar surface area (TPSA) is 20.3 Å². The number of nitrogens with zero attached hydrogens (tertiary/aromatic N) is 1. The second-order valence-corrected chi connectivity index (χ2v) is 5.02. The van der Waals surface area contributed by atoms with Crippen LogP contribution in [0.15, 0.2) is 27.6 Å². The number of halogens is 1. The lowest BCUT2D eigenvalue weighted by molar-refractivity contribution is -0.116. The number of hydrogen-bond donors (Lipinski definition) is 0. The minimum Gasteiger partial charge on any atom is -0.299 e. The molecule has 2 rings (SSSR count). The van der Waals surface area contributed by atoms with Gasteiger partial charge in [0.25, 0.3) is 0 Å². The summed E-state index contributed by atoms with van der Waals surface area (Å²) in [7, 11) is 0. The first-order chi connectivity index (χ1) is 7.22. The van der Waals surface area contributed by atoms with Crippen LogP contribution >= 0.6 is 27.7 Å². The van der Waals surface area contributed by atoms with Crippen LogP contribution < -0.4 is 4.90 Å². The first-order valence-electron chi connectivity index (χ1n) is 4.38. The average molecular weight is 282 g/mol. The summed E-state index contributed by atoms with van der Waals surface area (Å²) in [5, 5.41) is 0. The zero-order valence-corrected chi connectivity index (χ0v) is 10.3. The molecule has 0 bridgehead atoms. The van der Waals surface area contributed by atoms with E-state index >= 15 is 0 Å². The van der Waals surface area contributed by atoms with Crippen LogP contribution in [0, 0.1) is 12.3 Å². The molecule has 4 heteroatoms. The maximum absolute atomic E-state index is 11.7. The largest absolute Gasteiger partial charge is 0.299 e. The number of thioether (sulfide) groups is 1. The molecular weight excluding hydrogens is 274 g/mol. The van der Waals surface area contributed by atoms with Gasteiger partial charge in [-0.15, -0.1) is 18.2 Å². The van der Waals surface area contributed by atoms with E-state index < -0.39 is 0 Å². The Balaban J connectivity index is 2.46. The minimum absolute atomic E-state index is 0.0727. The molecule has 0 radical (unpaired) electrons. The van der Waals surface area contributed by atoms with E-state index in [0.717, 1.165) is 15.1 Å². The molecule has 15 heavy (non-hydrogen) atoms. The van der Waals surface area contributed by atoms with Crippen molar-refractivity contribution in [2.24, 2.45) is 0 Å². The minimum atomic E-state index is 0.0727. The Kier molecular flexibility index (Phi) is 3.03. The van der Waals surface area contributed by atoms with Crippen molar-refractivity contribution in [2.75, 3.05) is 17.2 Å².